The van der Waals surface area contributed by atoms with Crippen LogP contribution in [0.1, 0.15) is 6.42 Å². The van der Waals surface area contributed by atoms with E-state index in [2.05, 4.69) is 31.9 Å². The molecule has 0 bridgehead atoms. The van der Waals surface area contributed by atoms with Gasteiger partial charge in [-0.1, -0.05) is 23.7 Å². The highest BCUT2D eigenvalue weighted by atomic mass is 79.9. The Morgan fingerprint density at radius 2 is 1.96 bits per heavy atom. The zero-order valence-corrected chi connectivity index (χ0v) is 17.1. The summed E-state index contributed by atoms with van der Waals surface area (Å²) in [4.78, 5) is 37.1. The van der Waals surface area contributed by atoms with Gasteiger partial charge in [0.2, 0.25) is 17.7 Å². The summed E-state index contributed by atoms with van der Waals surface area (Å²) in [5, 5.41) is 7.96. The van der Waals surface area contributed by atoms with E-state index in [9.17, 15) is 14.4 Å². The van der Waals surface area contributed by atoms with E-state index >= 15 is 0 Å². The van der Waals surface area contributed by atoms with Gasteiger partial charge in [-0.3, -0.25) is 14.4 Å². The summed E-state index contributed by atoms with van der Waals surface area (Å²) in [5.41, 5.74) is 1.26. The molecule has 2 aromatic rings. The molecule has 3 rings (SSSR count). The average Bonchev–Trinajstić information content (AvgIpc) is 2.63. The second-order valence-electron chi connectivity index (χ2n) is 5.75. The third-order valence-electron chi connectivity index (χ3n) is 3.73. The predicted molar refractivity (Wildman–Crippen MR) is 110 cm³/mol. The molecule has 1 aliphatic rings. The van der Waals surface area contributed by atoms with Crippen molar-refractivity contribution in [2.45, 2.75) is 16.6 Å². The number of nitrogens with one attached hydrogen (secondary N) is 3. The van der Waals surface area contributed by atoms with E-state index in [0.717, 1.165) is 9.37 Å². The minimum absolute atomic E-state index is 0.0269. The number of benzene rings is 2. The Morgan fingerprint density at radius 1 is 1.19 bits per heavy atom. The van der Waals surface area contributed by atoms with Crippen LogP contribution < -0.4 is 16.0 Å². The van der Waals surface area contributed by atoms with Crippen molar-refractivity contribution in [3.8, 4) is 0 Å². The fourth-order valence-electron chi connectivity index (χ4n) is 2.43. The van der Waals surface area contributed by atoms with Gasteiger partial charge in [0, 0.05) is 20.8 Å². The van der Waals surface area contributed by atoms with Gasteiger partial charge in [0.1, 0.15) is 0 Å². The Bertz CT molecular complexity index is 909. The first-order chi connectivity index (χ1) is 12.9. The second kappa shape index (κ2) is 8.77. The summed E-state index contributed by atoms with van der Waals surface area (Å²) in [6.45, 7) is -0.175. The maximum atomic E-state index is 12.2. The monoisotopic (exact) mass is 467 g/mol. The van der Waals surface area contributed by atoms with Crippen LogP contribution in [0.25, 0.3) is 0 Å². The summed E-state index contributed by atoms with van der Waals surface area (Å²) < 4.78 is 0.749. The van der Waals surface area contributed by atoms with E-state index in [4.69, 9.17) is 11.6 Å². The van der Waals surface area contributed by atoms with E-state index in [1.165, 1.54) is 11.8 Å². The fourth-order valence-corrected chi connectivity index (χ4v) is 4.08. The molecule has 2 aromatic carbocycles. The highest BCUT2D eigenvalue weighted by molar-refractivity contribution is 9.10. The lowest BCUT2D eigenvalue weighted by Crippen LogP contribution is -2.37. The third-order valence-corrected chi connectivity index (χ3v) is 5.93. The van der Waals surface area contributed by atoms with Gasteiger partial charge in [-0.05, 0) is 46.3 Å². The molecule has 0 saturated carbocycles. The second-order valence-corrected chi connectivity index (χ2v) is 8.28. The first kappa shape index (κ1) is 19.7. The lowest BCUT2D eigenvalue weighted by Gasteiger charge is -2.23. The van der Waals surface area contributed by atoms with E-state index < -0.39 is 5.25 Å². The fraction of sp³-hybridized carbons (Fsp3) is 0.167. The standard InChI is InChI=1S/C18H15BrClN3O3S/c19-11-3-1-2-4-12(11)22-17(25)9-21-16(24)8-15-18(26)23-13-7-10(20)5-6-14(13)27-15/h1-7,15H,8-9H2,(H,21,24)(H,22,25)(H,23,26)/t15-/m1/s1. The molecule has 9 heteroatoms. The van der Waals surface area contributed by atoms with Gasteiger partial charge in [0.15, 0.2) is 0 Å². The number of halogens is 2. The molecule has 140 valence electrons. The zero-order chi connectivity index (χ0) is 19.4. The van der Waals surface area contributed by atoms with Crippen molar-refractivity contribution in [1.29, 1.82) is 0 Å². The Morgan fingerprint density at radius 3 is 2.74 bits per heavy atom. The van der Waals surface area contributed by atoms with Crippen LogP contribution in [0.5, 0.6) is 0 Å². The molecule has 1 heterocycles. The van der Waals surface area contributed by atoms with Crippen molar-refractivity contribution < 1.29 is 14.4 Å². The van der Waals surface area contributed by atoms with Crippen LogP contribution in [0.4, 0.5) is 11.4 Å². The number of anilines is 2. The van der Waals surface area contributed by atoms with Gasteiger partial charge in [-0.2, -0.15) is 0 Å². The smallest absolute Gasteiger partial charge is 0.243 e. The Balaban J connectivity index is 1.50. The van der Waals surface area contributed by atoms with E-state index in [1.807, 2.05) is 6.07 Å². The summed E-state index contributed by atoms with van der Waals surface area (Å²) in [6.07, 6.45) is -0.0269. The van der Waals surface area contributed by atoms with Crippen molar-refractivity contribution in [3.63, 3.8) is 0 Å². The van der Waals surface area contributed by atoms with Gasteiger partial charge >= 0.3 is 0 Å². The summed E-state index contributed by atoms with van der Waals surface area (Å²) >= 11 is 10.6. The predicted octanol–water partition coefficient (Wildman–Crippen LogP) is 3.66. The Labute approximate surface area is 173 Å². The van der Waals surface area contributed by atoms with E-state index in [1.54, 1.807) is 36.4 Å². The van der Waals surface area contributed by atoms with Gasteiger partial charge < -0.3 is 16.0 Å². The number of fused-ring (bicyclic) bond motifs is 1. The first-order valence-corrected chi connectivity index (χ1v) is 10.1. The Kier molecular flexibility index (Phi) is 6.41. The lowest BCUT2D eigenvalue weighted by molar-refractivity contribution is -0.125. The van der Waals surface area contributed by atoms with Crippen LogP contribution in [-0.4, -0.2) is 29.5 Å². The number of hydrogen-bond donors (Lipinski definition) is 3. The van der Waals surface area contributed by atoms with Crippen LogP contribution in [-0.2, 0) is 14.4 Å². The van der Waals surface area contributed by atoms with Crippen molar-refractivity contribution in [2.24, 2.45) is 0 Å². The number of amides is 3. The van der Waals surface area contributed by atoms with Gasteiger partial charge in [0.05, 0.1) is 23.2 Å². The first-order valence-electron chi connectivity index (χ1n) is 8.00. The van der Waals surface area contributed by atoms with Crippen LogP contribution in [0, 0.1) is 0 Å². The maximum Gasteiger partial charge on any atom is 0.243 e. The van der Waals surface area contributed by atoms with Crippen LogP contribution in [0.3, 0.4) is 0 Å². The zero-order valence-electron chi connectivity index (χ0n) is 13.9. The molecule has 0 aliphatic carbocycles. The van der Waals surface area contributed by atoms with Crippen LogP contribution >= 0.6 is 39.3 Å². The molecular formula is C18H15BrClN3O3S. The maximum absolute atomic E-state index is 12.2. The molecule has 6 nitrogen and oxygen atoms in total. The van der Waals surface area contributed by atoms with E-state index in [-0.39, 0.29) is 30.7 Å². The third kappa shape index (κ3) is 5.24. The van der Waals surface area contributed by atoms with Crippen molar-refractivity contribution in [1.82, 2.24) is 5.32 Å². The molecule has 0 unspecified atom stereocenters. The number of thioether (sulfide) groups is 1. The van der Waals surface area contributed by atoms with Crippen LogP contribution in [0.15, 0.2) is 51.8 Å². The number of rotatable bonds is 5. The minimum Gasteiger partial charge on any atom is -0.347 e. The molecule has 1 atom stereocenters. The number of para-hydroxylation sites is 1. The molecular weight excluding hydrogens is 454 g/mol. The molecule has 0 spiro atoms. The van der Waals surface area contributed by atoms with Gasteiger partial charge in [0.25, 0.3) is 0 Å². The topological polar surface area (TPSA) is 87.3 Å². The van der Waals surface area contributed by atoms with Crippen LogP contribution in [0.2, 0.25) is 5.02 Å². The number of carbonyl (C=O) groups excluding carboxylic acids is 3. The largest absolute Gasteiger partial charge is 0.347 e. The van der Waals surface area contributed by atoms with Gasteiger partial charge in [-0.15, -0.1) is 11.8 Å². The molecule has 0 aromatic heterocycles. The molecule has 1 aliphatic heterocycles. The molecule has 0 saturated heterocycles. The normalized spacial score (nSPS) is 15.5. The SMILES string of the molecule is O=C(C[C@H]1Sc2ccc(Cl)cc2NC1=O)NCC(=O)Nc1ccccc1Br. The van der Waals surface area contributed by atoms with Gasteiger partial charge in [-0.25, -0.2) is 0 Å². The minimum atomic E-state index is -0.565. The highest BCUT2D eigenvalue weighted by Gasteiger charge is 2.29. The van der Waals surface area contributed by atoms with Crippen molar-refractivity contribution in [3.05, 3.63) is 52.0 Å². The molecule has 27 heavy (non-hydrogen) atoms. The summed E-state index contributed by atoms with van der Waals surface area (Å²) in [7, 11) is 0. The number of carbonyl (C=O) groups is 3. The van der Waals surface area contributed by atoms with Crippen molar-refractivity contribution >= 4 is 68.4 Å². The van der Waals surface area contributed by atoms with E-state index in [0.29, 0.717) is 16.4 Å². The molecule has 3 amide bonds. The van der Waals surface area contributed by atoms with Crippen molar-refractivity contribution in [2.75, 3.05) is 17.2 Å². The summed E-state index contributed by atoms with van der Waals surface area (Å²) in [5.74, 6) is -0.985. The highest BCUT2D eigenvalue weighted by Crippen LogP contribution is 2.38. The molecule has 3 N–H and O–H groups in total. The lowest BCUT2D eigenvalue weighted by atomic mass is 10.2. The Hall–Kier alpha value is -2.03. The summed E-state index contributed by atoms with van der Waals surface area (Å²) in [6, 6.07) is 12.4. The number of hydrogen-bond acceptors (Lipinski definition) is 4. The molecule has 0 radical (unpaired) electrons. The molecule has 0 fully saturated rings. The average molecular weight is 469 g/mol. The quantitative estimate of drug-likeness (QED) is 0.625.